The summed E-state index contributed by atoms with van der Waals surface area (Å²) in [6, 6.07) is 3.15. The zero-order chi connectivity index (χ0) is 13.0. The van der Waals surface area contributed by atoms with Gasteiger partial charge in [0.1, 0.15) is 11.6 Å². The molecule has 1 aromatic rings. The van der Waals surface area contributed by atoms with Gasteiger partial charge in [-0.2, -0.15) is 0 Å². The van der Waals surface area contributed by atoms with Gasteiger partial charge in [0.25, 0.3) is 0 Å². The molecule has 1 atom stereocenters. The molecule has 1 heterocycles. The van der Waals surface area contributed by atoms with Gasteiger partial charge in [0, 0.05) is 5.56 Å². The first-order valence-corrected chi connectivity index (χ1v) is 6.79. The highest BCUT2D eigenvalue weighted by Gasteiger charge is 2.21. The molecule has 0 fully saturated rings. The van der Waals surface area contributed by atoms with Crippen molar-refractivity contribution < 1.29 is 14.2 Å². The first kappa shape index (κ1) is 13.3. The van der Waals surface area contributed by atoms with Gasteiger partial charge in [-0.15, -0.1) is 0 Å². The Balaban J connectivity index is 2.03. The van der Waals surface area contributed by atoms with Gasteiger partial charge in [-0.3, -0.25) is 0 Å². The van der Waals surface area contributed by atoms with E-state index in [9.17, 15) is 4.39 Å². The average Bonchev–Trinajstić information content (AvgIpc) is 2.38. The Labute approximate surface area is 108 Å². The van der Waals surface area contributed by atoms with Crippen molar-refractivity contribution in [2.75, 3.05) is 6.61 Å². The van der Waals surface area contributed by atoms with Crippen molar-refractivity contribution in [3.05, 3.63) is 29.1 Å². The third-order valence-electron chi connectivity index (χ3n) is 3.60. The SMILES string of the molecule is CCCCCC1COc2cc(CO)c(F)cc2C1. The molecule has 0 saturated heterocycles. The Kier molecular flexibility index (Phi) is 4.59. The van der Waals surface area contributed by atoms with E-state index >= 15 is 0 Å². The summed E-state index contributed by atoms with van der Waals surface area (Å²) in [5.74, 6) is 0.921. The molecule has 18 heavy (non-hydrogen) atoms. The molecule has 2 nitrogen and oxygen atoms in total. The maximum Gasteiger partial charge on any atom is 0.129 e. The fourth-order valence-electron chi connectivity index (χ4n) is 2.50. The molecule has 2 rings (SSSR count). The predicted octanol–water partition coefficient (Wildman–Crippen LogP) is 3.45. The van der Waals surface area contributed by atoms with Gasteiger partial charge in [0.15, 0.2) is 0 Å². The molecule has 100 valence electrons. The van der Waals surface area contributed by atoms with Crippen LogP contribution in [0.4, 0.5) is 4.39 Å². The number of rotatable bonds is 5. The van der Waals surface area contributed by atoms with Crippen molar-refractivity contribution in [2.45, 2.75) is 45.6 Å². The third kappa shape index (κ3) is 3.02. The van der Waals surface area contributed by atoms with Crippen LogP contribution in [-0.2, 0) is 13.0 Å². The molecule has 3 heteroatoms. The second-order valence-electron chi connectivity index (χ2n) is 5.09. The van der Waals surface area contributed by atoms with Gasteiger partial charge in [-0.1, -0.05) is 26.2 Å². The van der Waals surface area contributed by atoms with Crippen LogP contribution in [0.25, 0.3) is 0 Å². The summed E-state index contributed by atoms with van der Waals surface area (Å²) in [5, 5.41) is 9.02. The molecule has 0 saturated carbocycles. The van der Waals surface area contributed by atoms with Crippen molar-refractivity contribution in [3.8, 4) is 5.75 Å². The zero-order valence-corrected chi connectivity index (χ0v) is 10.9. The molecule has 1 aliphatic rings. The van der Waals surface area contributed by atoms with E-state index in [1.54, 1.807) is 6.07 Å². The van der Waals surface area contributed by atoms with Crippen LogP contribution < -0.4 is 4.74 Å². The summed E-state index contributed by atoms with van der Waals surface area (Å²) in [6.45, 7) is 2.63. The Bertz CT molecular complexity index is 404. The first-order chi connectivity index (χ1) is 8.74. The minimum atomic E-state index is -0.325. The molecular formula is C15H21FO2. The van der Waals surface area contributed by atoms with Gasteiger partial charge in [0.05, 0.1) is 13.2 Å². The van der Waals surface area contributed by atoms with E-state index in [2.05, 4.69) is 6.92 Å². The van der Waals surface area contributed by atoms with Crippen molar-refractivity contribution in [3.63, 3.8) is 0 Å². The Morgan fingerprint density at radius 3 is 2.94 bits per heavy atom. The highest BCUT2D eigenvalue weighted by atomic mass is 19.1. The van der Waals surface area contributed by atoms with E-state index in [-0.39, 0.29) is 12.4 Å². The number of benzene rings is 1. The van der Waals surface area contributed by atoms with Crippen LogP contribution in [0, 0.1) is 11.7 Å². The molecule has 0 bridgehead atoms. The molecular weight excluding hydrogens is 231 g/mol. The fourth-order valence-corrected chi connectivity index (χ4v) is 2.50. The topological polar surface area (TPSA) is 29.5 Å². The Morgan fingerprint density at radius 2 is 2.22 bits per heavy atom. The van der Waals surface area contributed by atoms with Gasteiger partial charge >= 0.3 is 0 Å². The summed E-state index contributed by atoms with van der Waals surface area (Å²) in [7, 11) is 0. The number of halogens is 1. The third-order valence-corrected chi connectivity index (χ3v) is 3.60. The van der Waals surface area contributed by atoms with Crippen LogP contribution in [0.1, 0.15) is 43.7 Å². The molecule has 1 N–H and O–H groups in total. The smallest absolute Gasteiger partial charge is 0.129 e. The van der Waals surface area contributed by atoms with Crippen LogP contribution in [-0.4, -0.2) is 11.7 Å². The number of unbranched alkanes of at least 4 members (excludes halogenated alkanes) is 2. The highest BCUT2D eigenvalue weighted by Crippen LogP contribution is 2.31. The molecule has 0 amide bonds. The number of hydrogen-bond acceptors (Lipinski definition) is 2. The summed E-state index contributed by atoms with van der Waals surface area (Å²) >= 11 is 0. The maximum atomic E-state index is 13.6. The quantitative estimate of drug-likeness (QED) is 0.813. The fraction of sp³-hybridized carbons (Fsp3) is 0.600. The van der Waals surface area contributed by atoms with Gasteiger partial charge in [0.2, 0.25) is 0 Å². The van der Waals surface area contributed by atoms with E-state index in [1.807, 2.05) is 0 Å². The van der Waals surface area contributed by atoms with Crippen LogP contribution in [0.2, 0.25) is 0 Å². The summed E-state index contributed by atoms with van der Waals surface area (Å²) < 4.78 is 19.3. The van der Waals surface area contributed by atoms with Crippen molar-refractivity contribution in [1.29, 1.82) is 0 Å². The van der Waals surface area contributed by atoms with E-state index in [1.165, 1.54) is 25.3 Å². The zero-order valence-electron chi connectivity index (χ0n) is 10.9. The molecule has 0 spiro atoms. The lowest BCUT2D eigenvalue weighted by Gasteiger charge is -2.26. The molecule has 1 aliphatic heterocycles. The Morgan fingerprint density at radius 1 is 1.39 bits per heavy atom. The second-order valence-corrected chi connectivity index (χ2v) is 5.09. The van der Waals surface area contributed by atoms with Crippen molar-refractivity contribution >= 4 is 0 Å². The number of fused-ring (bicyclic) bond motifs is 1. The van der Waals surface area contributed by atoms with E-state index < -0.39 is 0 Å². The molecule has 0 aromatic heterocycles. The van der Waals surface area contributed by atoms with Crippen molar-refractivity contribution in [2.24, 2.45) is 5.92 Å². The van der Waals surface area contributed by atoms with E-state index in [4.69, 9.17) is 9.84 Å². The van der Waals surface area contributed by atoms with E-state index in [0.29, 0.717) is 18.1 Å². The second kappa shape index (κ2) is 6.19. The van der Waals surface area contributed by atoms with Gasteiger partial charge < -0.3 is 9.84 Å². The lowest BCUT2D eigenvalue weighted by atomic mass is 9.91. The summed E-state index contributed by atoms with van der Waals surface area (Å²) in [5.41, 5.74) is 1.26. The van der Waals surface area contributed by atoms with Gasteiger partial charge in [-0.25, -0.2) is 4.39 Å². The lowest BCUT2D eigenvalue weighted by Crippen LogP contribution is -2.21. The number of ether oxygens (including phenoxy) is 1. The van der Waals surface area contributed by atoms with Crippen LogP contribution in [0.5, 0.6) is 5.75 Å². The monoisotopic (exact) mass is 252 g/mol. The first-order valence-electron chi connectivity index (χ1n) is 6.79. The molecule has 1 unspecified atom stereocenters. The summed E-state index contributed by atoms with van der Waals surface area (Å²) in [6.07, 6.45) is 5.73. The predicted molar refractivity (Wildman–Crippen MR) is 69.2 cm³/mol. The Hall–Kier alpha value is -1.09. The number of hydrogen-bond donors (Lipinski definition) is 1. The van der Waals surface area contributed by atoms with Crippen LogP contribution >= 0.6 is 0 Å². The maximum absolute atomic E-state index is 13.6. The molecule has 0 aliphatic carbocycles. The molecule has 0 radical (unpaired) electrons. The minimum absolute atomic E-state index is 0.275. The lowest BCUT2D eigenvalue weighted by molar-refractivity contribution is 0.209. The highest BCUT2D eigenvalue weighted by molar-refractivity contribution is 5.39. The molecule has 1 aromatic carbocycles. The van der Waals surface area contributed by atoms with Crippen molar-refractivity contribution in [1.82, 2.24) is 0 Å². The normalized spacial score (nSPS) is 18.3. The summed E-state index contributed by atoms with van der Waals surface area (Å²) in [4.78, 5) is 0. The van der Waals surface area contributed by atoms with Gasteiger partial charge in [-0.05, 0) is 36.5 Å². The number of aliphatic hydroxyl groups excluding tert-OH is 1. The van der Waals surface area contributed by atoms with Crippen LogP contribution in [0.15, 0.2) is 12.1 Å². The number of aliphatic hydroxyl groups is 1. The standard InChI is InChI=1S/C15H21FO2/c1-2-3-4-5-11-6-12-7-14(16)13(9-17)8-15(12)18-10-11/h7-8,11,17H,2-6,9-10H2,1H3. The largest absolute Gasteiger partial charge is 0.493 e. The average molecular weight is 252 g/mol. The van der Waals surface area contributed by atoms with E-state index in [0.717, 1.165) is 24.2 Å². The van der Waals surface area contributed by atoms with Crippen LogP contribution in [0.3, 0.4) is 0 Å². The minimum Gasteiger partial charge on any atom is -0.493 e.